The third-order valence-corrected chi connectivity index (χ3v) is 3.43. The molecule has 1 aromatic rings. The van der Waals surface area contributed by atoms with Crippen LogP contribution in [0.1, 0.15) is 23.8 Å². The van der Waals surface area contributed by atoms with Crippen molar-refractivity contribution in [2.24, 2.45) is 0 Å². The molecule has 0 fully saturated rings. The van der Waals surface area contributed by atoms with Gasteiger partial charge in [0.1, 0.15) is 6.61 Å². The minimum absolute atomic E-state index is 0.107. The standard InChI is InChI=1S/C13H16N2OS/c1-11(5-6-14)15(2)9-13-8-12(10-17-13)4-3-7-16/h8,10-11,16H,5,7,9H2,1-2H3. The number of nitrogens with zero attached hydrogens (tertiary/aromatic N) is 2. The highest BCUT2D eigenvalue weighted by Crippen LogP contribution is 2.17. The number of rotatable bonds is 4. The summed E-state index contributed by atoms with van der Waals surface area (Å²) in [5.41, 5.74) is 0.945. The summed E-state index contributed by atoms with van der Waals surface area (Å²) in [6, 6.07) is 4.47. The van der Waals surface area contributed by atoms with E-state index in [9.17, 15) is 0 Å². The first-order valence-electron chi connectivity index (χ1n) is 5.41. The number of hydrogen-bond acceptors (Lipinski definition) is 4. The van der Waals surface area contributed by atoms with Crippen LogP contribution in [0.2, 0.25) is 0 Å². The summed E-state index contributed by atoms with van der Waals surface area (Å²) < 4.78 is 0. The average Bonchev–Trinajstić information content (AvgIpc) is 2.74. The molecule has 3 nitrogen and oxygen atoms in total. The van der Waals surface area contributed by atoms with E-state index < -0.39 is 0 Å². The van der Waals surface area contributed by atoms with Crippen LogP contribution in [-0.4, -0.2) is 29.7 Å². The van der Waals surface area contributed by atoms with Gasteiger partial charge in [0.15, 0.2) is 0 Å². The van der Waals surface area contributed by atoms with Crippen LogP contribution >= 0.6 is 11.3 Å². The molecule has 1 aromatic heterocycles. The third kappa shape index (κ3) is 4.58. The van der Waals surface area contributed by atoms with Gasteiger partial charge in [0, 0.05) is 28.4 Å². The molecule has 0 aromatic carbocycles. The summed E-state index contributed by atoms with van der Waals surface area (Å²) in [6.45, 7) is 2.77. The number of aliphatic hydroxyl groups excluding tert-OH is 1. The van der Waals surface area contributed by atoms with Gasteiger partial charge in [-0.2, -0.15) is 5.26 Å². The molecule has 4 heteroatoms. The minimum atomic E-state index is -0.107. The van der Waals surface area contributed by atoms with E-state index >= 15 is 0 Å². The van der Waals surface area contributed by atoms with Crippen molar-refractivity contribution in [3.63, 3.8) is 0 Å². The van der Waals surface area contributed by atoms with Crippen molar-refractivity contribution >= 4 is 11.3 Å². The molecule has 0 aliphatic rings. The Kier molecular flexibility index (Phi) is 5.72. The lowest BCUT2D eigenvalue weighted by atomic mass is 10.2. The second-order valence-corrected chi connectivity index (χ2v) is 4.88. The Labute approximate surface area is 106 Å². The number of hydrogen-bond donors (Lipinski definition) is 1. The zero-order chi connectivity index (χ0) is 12.7. The number of nitriles is 1. The third-order valence-electron chi connectivity index (χ3n) is 2.51. The topological polar surface area (TPSA) is 47.3 Å². The van der Waals surface area contributed by atoms with Gasteiger partial charge in [0.2, 0.25) is 0 Å². The molecule has 0 amide bonds. The van der Waals surface area contributed by atoms with Gasteiger partial charge in [-0.3, -0.25) is 4.90 Å². The summed E-state index contributed by atoms with van der Waals surface area (Å²) in [4.78, 5) is 3.37. The molecule has 0 bridgehead atoms. The molecule has 1 atom stereocenters. The average molecular weight is 248 g/mol. The quantitative estimate of drug-likeness (QED) is 0.827. The molecule has 1 unspecified atom stereocenters. The minimum Gasteiger partial charge on any atom is -0.384 e. The molecule has 90 valence electrons. The second kappa shape index (κ2) is 7.09. The zero-order valence-corrected chi connectivity index (χ0v) is 10.9. The van der Waals surface area contributed by atoms with Crippen LogP contribution in [0, 0.1) is 23.2 Å². The van der Waals surface area contributed by atoms with E-state index in [1.165, 1.54) is 4.88 Å². The van der Waals surface area contributed by atoms with Gasteiger partial charge in [-0.15, -0.1) is 11.3 Å². The lowest BCUT2D eigenvalue weighted by Gasteiger charge is -2.21. The van der Waals surface area contributed by atoms with E-state index in [0.717, 1.165) is 12.1 Å². The van der Waals surface area contributed by atoms with E-state index in [2.05, 4.69) is 22.8 Å². The number of thiophene rings is 1. The highest BCUT2D eigenvalue weighted by molar-refractivity contribution is 7.10. The summed E-state index contributed by atoms with van der Waals surface area (Å²) >= 11 is 1.66. The fourth-order valence-corrected chi connectivity index (χ4v) is 2.24. The molecule has 0 aliphatic heterocycles. The van der Waals surface area contributed by atoms with Gasteiger partial charge in [0.25, 0.3) is 0 Å². The first-order chi connectivity index (χ1) is 8.17. The maximum atomic E-state index is 8.64. The van der Waals surface area contributed by atoms with Crippen molar-refractivity contribution in [2.75, 3.05) is 13.7 Å². The highest BCUT2D eigenvalue weighted by Gasteiger charge is 2.10. The Balaban J connectivity index is 2.57. The van der Waals surface area contributed by atoms with Crippen LogP contribution in [0.5, 0.6) is 0 Å². The van der Waals surface area contributed by atoms with E-state index in [1.807, 2.05) is 25.4 Å². The molecule has 17 heavy (non-hydrogen) atoms. The molecule has 0 aliphatic carbocycles. The highest BCUT2D eigenvalue weighted by atomic mass is 32.1. The maximum absolute atomic E-state index is 8.64. The van der Waals surface area contributed by atoms with Crippen molar-refractivity contribution in [3.05, 3.63) is 21.9 Å². The lowest BCUT2D eigenvalue weighted by molar-refractivity contribution is 0.254. The van der Waals surface area contributed by atoms with Gasteiger partial charge in [-0.05, 0) is 20.0 Å². The molecule has 0 saturated carbocycles. The van der Waals surface area contributed by atoms with Gasteiger partial charge in [-0.25, -0.2) is 0 Å². The zero-order valence-electron chi connectivity index (χ0n) is 10.1. The Bertz CT molecular complexity index is 450. The van der Waals surface area contributed by atoms with Crippen molar-refractivity contribution in [1.29, 1.82) is 5.26 Å². The largest absolute Gasteiger partial charge is 0.384 e. The Morgan fingerprint density at radius 3 is 3.00 bits per heavy atom. The van der Waals surface area contributed by atoms with Gasteiger partial charge >= 0.3 is 0 Å². The first kappa shape index (κ1) is 13.7. The fourth-order valence-electron chi connectivity index (χ4n) is 1.36. The summed E-state index contributed by atoms with van der Waals surface area (Å²) in [7, 11) is 2.01. The molecule has 0 spiro atoms. The van der Waals surface area contributed by atoms with Gasteiger partial charge in [0.05, 0.1) is 12.5 Å². The number of aliphatic hydroxyl groups is 1. The Morgan fingerprint density at radius 2 is 2.35 bits per heavy atom. The molecule has 1 N–H and O–H groups in total. The van der Waals surface area contributed by atoms with Crippen LogP contribution in [0.25, 0.3) is 0 Å². The van der Waals surface area contributed by atoms with Crippen LogP contribution in [0.3, 0.4) is 0 Å². The maximum Gasteiger partial charge on any atom is 0.104 e. The summed E-state index contributed by atoms with van der Waals surface area (Å²) in [6.07, 6.45) is 0.541. The molecule has 1 heterocycles. The molecule has 1 rings (SSSR count). The molecule has 0 radical (unpaired) electrons. The van der Waals surface area contributed by atoms with Gasteiger partial charge < -0.3 is 5.11 Å². The van der Waals surface area contributed by atoms with E-state index in [1.54, 1.807) is 11.3 Å². The fraction of sp³-hybridized carbons (Fsp3) is 0.462. The van der Waals surface area contributed by atoms with Crippen molar-refractivity contribution in [1.82, 2.24) is 4.90 Å². The Hall–Kier alpha value is -1.33. The first-order valence-corrected chi connectivity index (χ1v) is 6.29. The monoisotopic (exact) mass is 248 g/mol. The molecular formula is C13H16N2OS. The second-order valence-electron chi connectivity index (χ2n) is 3.89. The molecule has 0 saturated heterocycles. The van der Waals surface area contributed by atoms with Crippen molar-refractivity contribution in [3.8, 4) is 17.9 Å². The summed E-state index contributed by atoms with van der Waals surface area (Å²) in [5.74, 6) is 5.51. The van der Waals surface area contributed by atoms with Crippen molar-refractivity contribution < 1.29 is 5.11 Å². The lowest BCUT2D eigenvalue weighted by Crippen LogP contribution is -2.27. The normalized spacial score (nSPS) is 11.7. The van der Waals surface area contributed by atoms with E-state index in [0.29, 0.717) is 6.42 Å². The molecular weight excluding hydrogens is 232 g/mol. The van der Waals surface area contributed by atoms with Crippen LogP contribution < -0.4 is 0 Å². The van der Waals surface area contributed by atoms with Crippen LogP contribution in [-0.2, 0) is 6.54 Å². The SMILES string of the molecule is CC(CC#N)N(C)Cc1cc(C#CCO)cs1. The van der Waals surface area contributed by atoms with E-state index in [-0.39, 0.29) is 12.6 Å². The van der Waals surface area contributed by atoms with E-state index in [4.69, 9.17) is 10.4 Å². The van der Waals surface area contributed by atoms with Crippen LogP contribution in [0.15, 0.2) is 11.4 Å². The van der Waals surface area contributed by atoms with Crippen LogP contribution in [0.4, 0.5) is 0 Å². The predicted molar refractivity (Wildman–Crippen MR) is 69.4 cm³/mol. The smallest absolute Gasteiger partial charge is 0.104 e. The van der Waals surface area contributed by atoms with Crippen molar-refractivity contribution in [2.45, 2.75) is 25.9 Å². The van der Waals surface area contributed by atoms with Gasteiger partial charge in [-0.1, -0.05) is 11.8 Å². The Morgan fingerprint density at radius 1 is 1.59 bits per heavy atom. The summed E-state index contributed by atoms with van der Waals surface area (Å²) in [5, 5.41) is 19.2. The predicted octanol–water partition coefficient (Wildman–Crippen LogP) is 1.83.